The Labute approximate surface area is 165 Å². The van der Waals surface area contributed by atoms with Gasteiger partial charge in [-0.25, -0.2) is 8.42 Å². The molecular weight excluding hydrogens is 397 g/mol. The second-order valence-electron chi connectivity index (χ2n) is 7.43. The Morgan fingerprint density at radius 3 is 2.27 bits per heavy atom. The summed E-state index contributed by atoms with van der Waals surface area (Å²) in [5.74, 6) is -0.0632. The van der Waals surface area contributed by atoms with Crippen LogP contribution in [0.2, 0.25) is 10.0 Å². The largest absolute Gasteiger partial charge is 0.350 e. The van der Waals surface area contributed by atoms with Crippen LogP contribution in [0.1, 0.15) is 27.7 Å². The normalized spacial score (nSPS) is 18.5. The molecule has 0 saturated carbocycles. The van der Waals surface area contributed by atoms with Crippen LogP contribution in [-0.4, -0.2) is 61.3 Å². The minimum Gasteiger partial charge on any atom is -0.350 e. The van der Waals surface area contributed by atoms with Crippen molar-refractivity contribution in [3.63, 3.8) is 0 Å². The highest BCUT2D eigenvalue weighted by Gasteiger charge is 2.33. The topological polar surface area (TPSA) is 69.7 Å². The molecule has 1 aromatic carbocycles. The van der Waals surface area contributed by atoms with Crippen LogP contribution >= 0.6 is 23.2 Å². The number of amides is 1. The van der Waals surface area contributed by atoms with Gasteiger partial charge in [0.1, 0.15) is 4.90 Å². The highest BCUT2D eigenvalue weighted by molar-refractivity contribution is 7.89. The molecule has 26 heavy (non-hydrogen) atoms. The molecule has 1 aromatic rings. The molecule has 0 aliphatic carbocycles. The van der Waals surface area contributed by atoms with Crippen molar-refractivity contribution >= 4 is 39.1 Å². The van der Waals surface area contributed by atoms with Gasteiger partial charge in [-0.15, -0.1) is 0 Å². The molecule has 146 valence electrons. The molecule has 0 bridgehead atoms. The highest BCUT2D eigenvalue weighted by Crippen LogP contribution is 2.28. The van der Waals surface area contributed by atoms with Crippen LogP contribution < -0.4 is 5.32 Å². The summed E-state index contributed by atoms with van der Waals surface area (Å²) in [7, 11) is -3.72. The number of carbonyl (C=O) groups excluding carboxylic acids is 1. The molecule has 1 amide bonds. The van der Waals surface area contributed by atoms with Gasteiger partial charge in [0.25, 0.3) is 0 Å². The van der Waals surface area contributed by atoms with Crippen molar-refractivity contribution in [1.29, 1.82) is 0 Å². The second kappa shape index (κ2) is 8.02. The Balaban J connectivity index is 2.06. The van der Waals surface area contributed by atoms with Gasteiger partial charge < -0.3 is 5.32 Å². The monoisotopic (exact) mass is 421 g/mol. The molecule has 1 heterocycles. The molecule has 1 N–H and O–H groups in total. The molecule has 1 atom stereocenters. The van der Waals surface area contributed by atoms with Gasteiger partial charge in [0.2, 0.25) is 15.9 Å². The lowest BCUT2D eigenvalue weighted by atomic mass is 10.1. The van der Waals surface area contributed by atoms with Crippen molar-refractivity contribution < 1.29 is 13.2 Å². The molecule has 1 fully saturated rings. The molecule has 0 radical (unpaired) electrons. The molecule has 6 nitrogen and oxygen atoms in total. The van der Waals surface area contributed by atoms with E-state index in [4.69, 9.17) is 23.2 Å². The fraction of sp³-hybridized carbons (Fsp3) is 0.588. The summed E-state index contributed by atoms with van der Waals surface area (Å²) < 4.78 is 27.1. The number of nitrogens with zero attached hydrogens (tertiary/aromatic N) is 2. The molecule has 9 heteroatoms. The van der Waals surface area contributed by atoms with E-state index in [0.717, 1.165) is 0 Å². The van der Waals surface area contributed by atoms with E-state index in [1.54, 1.807) is 6.07 Å². The van der Waals surface area contributed by atoms with Crippen molar-refractivity contribution in [1.82, 2.24) is 14.5 Å². The standard InChI is InChI=1S/C17H25Cl2N3O3S/c1-12(16(23)20-17(2,3)4)21-7-9-22(10-8-21)26(24,25)15-11-13(18)5-6-14(15)19/h5-6,11-12H,7-10H2,1-4H3,(H,20,23). The maximum Gasteiger partial charge on any atom is 0.244 e. The molecule has 1 unspecified atom stereocenters. The predicted molar refractivity (Wildman–Crippen MR) is 104 cm³/mol. The molecular formula is C17H25Cl2N3O3S. The zero-order valence-electron chi connectivity index (χ0n) is 15.4. The number of nitrogens with one attached hydrogen (secondary N) is 1. The maximum absolute atomic E-state index is 12.8. The third-order valence-corrected chi connectivity index (χ3v) is 6.82. The van der Waals surface area contributed by atoms with E-state index in [0.29, 0.717) is 18.1 Å². The van der Waals surface area contributed by atoms with Gasteiger partial charge in [-0.05, 0) is 45.9 Å². The van der Waals surface area contributed by atoms with Crippen molar-refractivity contribution in [2.45, 2.75) is 44.2 Å². The van der Waals surface area contributed by atoms with Gasteiger partial charge >= 0.3 is 0 Å². The first kappa shape index (κ1) is 21.4. The number of sulfonamides is 1. The third kappa shape index (κ3) is 5.10. The Morgan fingerprint density at radius 1 is 1.15 bits per heavy atom. The number of benzene rings is 1. The number of carbonyl (C=O) groups is 1. The van der Waals surface area contributed by atoms with Crippen molar-refractivity contribution in [2.24, 2.45) is 0 Å². The number of rotatable bonds is 4. The van der Waals surface area contributed by atoms with E-state index in [2.05, 4.69) is 5.32 Å². The number of halogens is 2. The lowest BCUT2D eigenvalue weighted by Crippen LogP contribution is -2.56. The third-order valence-electron chi connectivity index (χ3n) is 4.21. The summed E-state index contributed by atoms with van der Waals surface area (Å²) in [5, 5.41) is 3.42. The average molecular weight is 422 g/mol. The number of hydrogen-bond donors (Lipinski definition) is 1. The van der Waals surface area contributed by atoms with Gasteiger partial charge in [-0.3, -0.25) is 9.69 Å². The summed E-state index contributed by atoms with van der Waals surface area (Å²) in [6.07, 6.45) is 0. The Kier molecular flexibility index (Phi) is 6.62. The summed E-state index contributed by atoms with van der Waals surface area (Å²) in [4.78, 5) is 14.3. The van der Waals surface area contributed by atoms with Crippen LogP contribution in [0.25, 0.3) is 0 Å². The van der Waals surface area contributed by atoms with E-state index in [9.17, 15) is 13.2 Å². The smallest absolute Gasteiger partial charge is 0.244 e. The van der Waals surface area contributed by atoms with Crippen LogP contribution in [0.15, 0.2) is 23.1 Å². The molecule has 0 spiro atoms. The van der Waals surface area contributed by atoms with Crippen LogP contribution in [0, 0.1) is 0 Å². The fourth-order valence-electron chi connectivity index (χ4n) is 2.79. The SMILES string of the molecule is CC(C(=O)NC(C)(C)C)N1CCN(S(=O)(=O)c2cc(Cl)ccc2Cl)CC1. The number of hydrogen-bond acceptors (Lipinski definition) is 4. The Hall–Kier alpha value is -0.860. The lowest BCUT2D eigenvalue weighted by Gasteiger charge is -2.37. The molecule has 1 aliphatic rings. The van der Waals surface area contributed by atoms with Crippen LogP contribution in [0.4, 0.5) is 0 Å². The predicted octanol–water partition coefficient (Wildman–Crippen LogP) is 2.60. The highest BCUT2D eigenvalue weighted by atomic mass is 35.5. The fourth-order valence-corrected chi connectivity index (χ4v) is 4.94. The quantitative estimate of drug-likeness (QED) is 0.810. The van der Waals surface area contributed by atoms with E-state index >= 15 is 0 Å². The maximum atomic E-state index is 12.8. The van der Waals surface area contributed by atoms with Crippen molar-refractivity contribution in [3.05, 3.63) is 28.2 Å². The Bertz CT molecular complexity index is 770. The van der Waals surface area contributed by atoms with E-state index in [-0.39, 0.29) is 40.5 Å². The van der Waals surface area contributed by atoms with Gasteiger partial charge in [0, 0.05) is 36.7 Å². The van der Waals surface area contributed by atoms with Gasteiger partial charge in [-0.1, -0.05) is 23.2 Å². The van der Waals surface area contributed by atoms with E-state index in [1.807, 2.05) is 32.6 Å². The van der Waals surface area contributed by atoms with E-state index in [1.165, 1.54) is 16.4 Å². The molecule has 1 aliphatic heterocycles. The first-order valence-corrected chi connectivity index (χ1v) is 10.6. The van der Waals surface area contributed by atoms with Gasteiger partial charge in [-0.2, -0.15) is 4.31 Å². The molecule has 2 rings (SSSR count). The second-order valence-corrected chi connectivity index (χ2v) is 10.2. The summed E-state index contributed by atoms with van der Waals surface area (Å²) in [6.45, 7) is 9.13. The van der Waals surface area contributed by atoms with Crippen LogP contribution in [0.3, 0.4) is 0 Å². The molecule has 0 aromatic heterocycles. The van der Waals surface area contributed by atoms with Gasteiger partial charge in [0.05, 0.1) is 11.1 Å². The summed E-state index contributed by atoms with van der Waals surface area (Å²) >= 11 is 12.0. The first-order chi connectivity index (χ1) is 11.9. The van der Waals surface area contributed by atoms with Crippen LogP contribution in [-0.2, 0) is 14.8 Å². The summed E-state index contributed by atoms with van der Waals surface area (Å²) in [5.41, 5.74) is -0.306. The zero-order valence-corrected chi connectivity index (χ0v) is 17.7. The number of piperazine rings is 1. The lowest BCUT2D eigenvalue weighted by molar-refractivity contribution is -0.127. The van der Waals surface area contributed by atoms with Crippen molar-refractivity contribution in [2.75, 3.05) is 26.2 Å². The van der Waals surface area contributed by atoms with Crippen molar-refractivity contribution in [3.8, 4) is 0 Å². The van der Waals surface area contributed by atoms with E-state index < -0.39 is 10.0 Å². The van der Waals surface area contributed by atoms with Crippen LogP contribution in [0.5, 0.6) is 0 Å². The summed E-state index contributed by atoms with van der Waals surface area (Å²) in [6, 6.07) is 4.07. The average Bonchev–Trinajstić information content (AvgIpc) is 2.54. The first-order valence-electron chi connectivity index (χ1n) is 8.43. The minimum atomic E-state index is -3.72. The van der Waals surface area contributed by atoms with Gasteiger partial charge in [0.15, 0.2) is 0 Å². The minimum absolute atomic E-state index is 0.0126. The molecule has 1 saturated heterocycles. The zero-order chi connectivity index (χ0) is 19.7. The Morgan fingerprint density at radius 2 is 1.73 bits per heavy atom.